The molecule has 2 aromatic carbocycles. The molecule has 0 atom stereocenters. The summed E-state index contributed by atoms with van der Waals surface area (Å²) in [5, 5.41) is 0.694. The number of pyridine rings is 1. The highest BCUT2D eigenvalue weighted by molar-refractivity contribution is 6.30. The lowest BCUT2D eigenvalue weighted by Gasteiger charge is -2.26. The normalized spacial score (nSPS) is 15.0. The van der Waals surface area contributed by atoms with E-state index in [2.05, 4.69) is 9.30 Å². The average Bonchev–Trinajstić information content (AvgIpc) is 3.13. The van der Waals surface area contributed by atoms with Crippen molar-refractivity contribution in [2.75, 3.05) is 26.3 Å². The van der Waals surface area contributed by atoms with Crippen molar-refractivity contribution in [2.24, 2.45) is 0 Å². The highest BCUT2D eigenvalue weighted by atomic mass is 35.5. The Kier molecular flexibility index (Phi) is 5.25. The maximum Gasteiger partial charge on any atom is 0.137 e. The number of hydrogen-bond acceptors (Lipinski definition) is 3. The summed E-state index contributed by atoms with van der Waals surface area (Å²) in [6.07, 6.45) is 1.98. The molecular formula is C24H21ClFN3O. The van der Waals surface area contributed by atoms with E-state index in [0.717, 1.165) is 61.0 Å². The van der Waals surface area contributed by atoms with Crippen LogP contribution in [0.4, 0.5) is 4.39 Å². The number of ether oxygens (including phenoxy) is 1. The molecule has 0 N–H and O–H groups in total. The van der Waals surface area contributed by atoms with E-state index < -0.39 is 0 Å². The third kappa shape index (κ3) is 3.72. The van der Waals surface area contributed by atoms with Gasteiger partial charge in [0.15, 0.2) is 0 Å². The van der Waals surface area contributed by atoms with Gasteiger partial charge in [-0.25, -0.2) is 9.37 Å². The molecule has 6 heteroatoms. The van der Waals surface area contributed by atoms with Crippen LogP contribution >= 0.6 is 11.6 Å². The molecule has 4 aromatic rings. The Morgan fingerprint density at radius 2 is 1.67 bits per heavy atom. The quantitative estimate of drug-likeness (QED) is 0.448. The molecule has 0 radical (unpaired) electrons. The van der Waals surface area contributed by atoms with E-state index in [1.165, 1.54) is 6.07 Å². The molecule has 2 aromatic heterocycles. The van der Waals surface area contributed by atoms with E-state index in [0.29, 0.717) is 10.6 Å². The van der Waals surface area contributed by atoms with Gasteiger partial charge >= 0.3 is 0 Å². The van der Waals surface area contributed by atoms with Crippen LogP contribution in [0, 0.1) is 5.82 Å². The summed E-state index contributed by atoms with van der Waals surface area (Å²) < 4.78 is 22.0. The Morgan fingerprint density at radius 3 is 2.43 bits per heavy atom. The second-order valence-electron chi connectivity index (χ2n) is 7.43. The molecule has 5 rings (SSSR count). The van der Waals surface area contributed by atoms with Crippen molar-refractivity contribution in [3.05, 3.63) is 83.4 Å². The van der Waals surface area contributed by atoms with Gasteiger partial charge in [0, 0.05) is 47.5 Å². The van der Waals surface area contributed by atoms with Crippen LogP contribution in [0.15, 0.2) is 66.9 Å². The van der Waals surface area contributed by atoms with Crippen LogP contribution in [0.25, 0.3) is 28.0 Å². The van der Waals surface area contributed by atoms with Gasteiger partial charge in [-0.3, -0.25) is 4.90 Å². The molecule has 1 fully saturated rings. The number of hydrogen-bond donors (Lipinski definition) is 0. The zero-order chi connectivity index (χ0) is 20.5. The molecule has 4 nitrogen and oxygen atoms in total. The molecule has 0 unspecified atom stereocenters. The molecule has 0 amide bonds. The van der Waals surface area contributed by atoms with Crippen molar-refractivity contribution in [1.82, 2.24) is 14.3 Å². The number of aromatic nitrogens is 2. The van der Waals surface area contributed by atoms with E-state index in [1.54, 1.807) is 12.1 Å². The lowest BCUT2D eigenvalue weighted by Crippen LogP contribution is -2.36. The minimum atomic E-state index is -0.232. The maximum absolute atomic E-state index is 14.4. The molecule has 0 spiro atoms. The molecule has 1 aliphatic heterocycles. The SMILES string of the molecule is Fc1ccccc1-c1ccc2nc(-c3ccc(Cl)cc3)c(CN3CCOCC3)n2c1. The first-order chi connectivity index (χ1) is 14.7. The lowest BCUT2D eigenvalue weighted by molar-refractivity contribution is 0.0336. The summed E-state index contributed by atoms with van der Waals surface area (Å²) >= 11 is 6.09. The van der Waals surface area contributed by atoms with Crippen LogP contribution in [0.3, 0.4) is 0 Å². The maximum atomic E-state index is 14.4. The predicted molar refractivity (Wildman–Crippen MR) is 117 cm³/mol. The monoisotopic (exact) mass is 421 g/mol. The zero-order valence-corrected chi connectivity index (χ0v) is 17.1. The van der Waals surface area contributed by atoms with Crippen LogP contribution < -0.4 is 0 Å². The average molecular weight is 422 g/mol. The third-order valence-electron chi connectivity index (χ3n) is 5.50. The highest BCUT2D eigenvalue weighted by Gasteiger charge is 2.19. The Hall–Kier alpha value is -2.73. The van der Waals surface area contributed by atoms with Crippen LogP contribution in [-0.2, 0) is 11.3 Å². The van der Waals surface area contributed by atoms with Gasteiger partial charge in [-0.1, -0.05) is 41.9 Å². The fraction of sp³-hybridized carbons (Fsp3) is 0.208. The Bertz CT molecular complexity index is 1180. The Morgan fingerprint density at radius 1 is 0.933 bits per heavy atom. The van der Waals surface area contributed by atoms with Crippen molar-refractivity contribution in [1.29, 1.82) is 0 Å². The Labute approximate surface area is 179 Å². The summed E-state index contributed by atoms with van der Waals surface area (Å²) in [6.45, 7) is 3.95. The molecule has 1 saturated heterocycles. The summed E-state index contributed by atoms with van der Waals surface area (Å²) in [4.78, 5) is 7.27. The molecule has 30 heavy (non-hydrogen) atoms. The molecule has 3 heterocycles. The van der Waals surface area contributed by atoms with E-state index in [-0.39, 0.29) is 5.82 Å². The molecule has 0 bridgehead atoms. The molecular weight excluding hydrogens is 401 g/mol. The summed E-state index contributed by atoms with van der Waals surface area (Å²) in [5.74, 6) is -0.232. The summed E-state index contributed by atoms with van der Waals surface area (Å²) in [6, 6.07) is 18.5. The smallest absolute Gasteiger partial charge is 0.137 e. The van der Waals surface area contributed by atoms with E-state index in [4.69, 9.17) is 21.3 Å². The number of nitrogens with zero attached hydrogens (tertiary/aromatic N) is 3. The van der Waals surface area contributed by atoms with E-state index >= 15 is 0 Å². The molecule has 152 valence electrons. The number of morpholine rings is 1. The van der Waals surface area contributed by atoms with E-state index in [9.17, 15) is 4.39 Å². The van der Waals surface area contributed by atoms with Gasteiger partial charge in [0.05, 0.1) is 24.6 Å². The predicted octanol–water partition coefficient (Wildman–Crippen LogP) is 5.29. The lowest BCUT2D eigenvalue weighted by atomic mass is 10.1. The molecule has 1 aliphatic rings. The number of halogens is 2. The van der Waals surface area contributed by atoms with Crippen LogP contribution in [0.1, 0.15) is 5.69 Å². The van der Waals surface area contributed by atoms with Gasteiger partial charge in [-0.2, -0.15) is 0 Å². The second-order valence-corrected chi connectivity index (χ2v) is 7.86. The van der Waals surface area contributed by atoms with Gasteiger partial charge in [0.2, 0.25) is 0 Å². The zero-order valence-electron chi connectivity index (χ0n) is 16.4. The number of imidazole rings is 1. The van der Waals surface area contributed by atoms with Gasteiger partial charge in [-0.05, 0) is 30.3 Å². The fourth-order valence-corrected chi connectivity index (χ4v) is 4.04. The summed E-state index contributed by atoms with van der Waals surface area (Å²) in [7, 11) is 0. The van der Waals surface area contributed by atoms with Crippen molar-refractivity contribution in [3.63, 3.8) is 0 Å². The first-order valence-corrected chi connectivity index (χ1v) is 10.4. The largest absolute Gasteiger partial charge is 0.379 e. The van der Waals surface area contributed by atoms with E-state index in [1.807, 2.05) is 48.7 Å². The molecule has 0 aliphatic carbocycles. The second kappa shape index (κ2) is 8.19. The van der Waals surface area contributed by atoms with Crippen molar-refractivity contribution >= 4 is 17.2 Å². The van der Waals surface area contributed by atoms with Gasteiger partial charge in [0.1, 0.15) is 11.5 Å². The topological polar surface area (TPSA) is 29.8 Å². The number of benzene rings is 2. The van der Waals surface area contributed by atoms with Crippen molar-refractivity contribution in [2.45, 2.75) is 6.54 Å². The van der Waals surface area contributed by atoms with Crippen LogP contribution in [-0.4, -0.2) is 40.6 Å². The summed E-state index contributed by atoms with van der Waals surface area (Å²) in [5.41, 5.74) is 5.25. The highest BCUT2D eigenvalue weighted by Crippen LogP contribution is 2.30. The molecule has 0 saturated carbocycles. The van der Waals surface area contributed by atoms with Gasteiger partial charge < -0.3 is 9.14 Å². The van der Waals surface area contributed by atoms with Crippen LogP contribution in [0.2, 0.25) is 5.02 Å². The minimum Gasteiger partial charge on any atom is -0.379 e. The van der Waals surface area contributed by atoms with Crippen molar-refractivity contribution < 1.29 is 9.13 Å². The standard InChI is InChI=1S/C24H21ClFN3O/c25-19-8-5-17(6-9-19)24-22(16-28-11-13-30-14-12-28)29-15-18(7-10-23(29)27-24)20-3-1-2-4-21(20)26/h1-10,15H,11-14,16H2. The Balaban J connectivity index is 1.65. The third-order valence-corrected chi connectivity index (χ3v) is 5.75. The number of fused-ring (bicyclic) bond motifs is 1. The fourth-order valence-electron chi connectivity index (χ4n) is 3.91. The van der Waals surface area contributed by atoms with Crippen LogP contribution in [0.5, 0.6) is 0 Å². The minimum absolute atomic E-state index is 0.232. The van der Waals surface area contributed by atoms with Gasteiger partial charge in [-0.15, -0.1) is 0 Å². The first kappa shape index (κ1) is 19.2. The number of rotatable bonds is 4. The van der Waals surface area contributed by atoms with Gasteiger partial charge in [0.25, 0.3) is 0 Å². The van der Waals surface area contributed by atoms with Crippen molar-refractivity contribution in [3.8, 4) is 22.4 Å². The first-order valence-electron chi connectivity index (χ1n) is 10.0.